The lowest BCUT2D eigenvalue weighted by atomic mass is 10.0. The van der Waals surface area contributed by atoms with Crippen molar-refractivity contribution < 1.29 is 9.53 Å². The highest BCUT2D eigenvalue weighted by molar-refractivity contribution is 5.85. The number of amides is 1. The number of nitrogens with zero attached hydrogens (tertiary/aromatic N) is 2. The van der Waals surface area contributed by atoms with Crippen LogP contribution in [-0.2, 0) is 9.53 Å². The fourth-order valence-corrected chi connectivity index (χ4v) is 3.15. The van der Waals surface area contributed by atoms with Gasteiger partial charge in [-0.05, 0) is 45.2 Å². The summed E-state index contributed by atoms with van der Waals surface area (Å²) in [7, 11) is 0. The number of carbonyl (C=O) groups is 1. The van der Waals surface area contributed by atoms with Crippen molar-refractivity contribution in [3.63, 3.8) is 0 Å². The van der Waals surface area contributed by atoms with Crippen molar-refractivity contribution in [1.82, 2.24) is 9.80 Å². The van der Waals surface area contributed by atoms with Crippen molar-refractivity contribution in [3.8, 4) is 0 Å². The topological polar surface area (TPSA) is 58.8 Å². The van der Waals surface area contributed by atoms with Gasteiger partial charge in [-0.1, -0.05) is 6.92 Å². The number of hydrogen-bond acceptors (Lipinski definition) is 4. The van der Waals surface area contributed by atoms with Gasteiger partial charge in [0.1, 0.15) is 5.60 Å². The van der Waals surface area contributed by atoms with Crippen molar-refractivity contribution in [3.05, 3.63) is 0 Å². The first-order valence-corrected chi connectivity index (χ1v) is 7.91. The Morgan fingerprint density at radius 1 is 1.30 bits per heavy atom. The minimum Gasteiger partial charge on any atom is -0.365 e. The van der Waals surface area contributed by atoms with Gasteiger partial charge >= 0.3 is 0 Å². The largest absolute Gasteiger partial charge is 0.365 e. The highest BCUT2D eigenvalue weighted by Gasteiger charge is 2.40. The summed E-state index contributed by atoms with van der Waals surface area (Å²) in [5.74, 6) is 0.705. The van der Waals surface area contributed by atoms with Gasteiger partial charge in [0.15, 0.2) is 0 Å². The second-order valence-corrected chi connectivity index (χ2v) is 6.47. The van der Waals surface area contributed by atoms with Gasteiger partial charge < -0.3 is 20.3 Å². The fourth-order valence-electron chi connectivity index (χ4n) is 3.15. The Hall–Kier alpha value is -0.650. The standard InChI is InChI=1S/C15H29N3O2/c1-13(11-16)12-17-6-4-7-18(9-8-17)14(19)15(2)5-3-10-20-15/h13H,3-12,16H2,1-2H3. The zero-order valence-corrected chi connectivity index (χ0v) is 12.9. The molecule has 116 valence electrons. The van der Waals surface area contributed by atoms with Crippen LogP contribution in [0.2, 0.25) is 0 Å². The van der Waals surface area contributed by atoms with Crippen LogP contribution in [0.25, 0.3) is 0 Å². The van der Waals surface area contributed by atoms with Crippen LogP contribution in [0.5, 0.6) is 0 Å². The lowest BCUT2D eigenvalue weighted by Crippen LogP contribution is -2.48. The van der Waals surface area contributed by atoms with E-state index in [1.165, 1.54) is 0 Å². The number of carbonyl (C=O) groups excluding carboxylic acids is 1. The molecule has 0 spiro atoms. The molecule has 0 aromatic heterocycles. The smallest absolute Gasteiger partial charge is 0.254 e. The molecule has 2 N–H and O–H groups in total. The van der Waals surface area contributed by atoms with E-state index in [1.807, 2.05) is 11.8 Å². The predicted octanol–water partition coefficient (Wildman–Crippen LogP) is 0.685. The van der Waals surface area contributed by atoms with Crippen LogP contribution in [-0.4, -0.2) is 67.2 Å². The number of hydrogen-bond donors (Lipinski definition) is 1. The summed E-state index contributed by atoms with van der Waals surface area (Å²) in [5, 5.41) is 0. The maximum absolute atomic E-state index is 12.6. The van der Waals surface area contributed by atoms with Gasteiger partial charge in [-0.3, -0.25) is 4.79 Å². The lowest BCUT2D eigenvalue weighted by Gasteiger charge is -2.30. The first-order chi connectivity index (χ1) is 9.55. The van der Waals surface area contributed by atoms with E-state index in [4.69, 9.17) is 10.5 Å². The summed E-state index contributed by atoms with van der Waals surface area (Å²) in [5.41, 5.74) is 5.13. The second-order valence-electron chi connectivity index (χ2n) is 6.47. The zero-order chi connectivity index (χ0) is 14.6. The quantitative estimate of drug-likeness (QED) is 0.824. The molecule has 2 aliphatic heterocycles. The molecular formula is C15H29N3O2. The van der Waals surface area contributed by atoms with Crippen molar-refractivity contribution in [2.75, 3.05) is 45.9 Å². The molecular weight excluding hydrogens is 254 g/mol. The molecule has 2 rings (SSSR count). The van der Waals surface area contributed by atoms with Gasteiger partial charge in [0.25, 0.3) is 5.91 Å². The summed E-state index contributed by atoms with van der Waals surface area (Å²) >= 11 is 0. The van der Waals surface area contributed by atoms with E-state index in [0.717, 1.165) is 65.1 Å². The minimum atomic E-state index is -0.570. The summed E-state index contributed by atoms with van der Waals surface area (Å²) in [6.07, 6.45) is 2.89. The second kappa shape index (κ2) is 6.87. The molecule has 0 aromatic rings. The Morgan fingerprint density at radius 2 is 2.10 bits per heavy atom. The van der Waals surface area contributed by atoms with Gasteiger partial charge in [-0.15, -0.1) is 0 Å². The Kier molecular flexibility index (Phi) is 5.41. The van der Waals surface area contributed by atoms with Crippen LogP contribution in [0.15, 0.2) is 0 Å². The fraction of sp³-hybridized carbons (Fsp3) is 0.933. The SMILES string of the molecule is CC(CN)CN1CCCN(C(=O)C2(C)CCCO2)CC1. The van der Waals surface area contributed by atoms with Crippen LogP contribution in [0.1, 0.15) is 33.1 Å². The lowest BCUT2D eigenvalue weighted by molar-refractivity contribution is -0.150. The summed E-state index contributed by atoms with van der Waals surface area (Å²) in [6, 6.07) is 0. The molecule has 0 aromatic carbocycles. The molecule has 0 radical (unpaired) electrons. The van der Waals surface area contributed by atoms with E-state index in [1.54, 1.807) is 0 Å². The number of ether oxygens (including phenoxy) is 1. The summed E-state index contributed by atoms with van der Waals surface area (Å²) in [4.78, 5) is 17.1. The maximum Gasteiger partial charge on any atom is 0.254 e. The molecule has 5 heteroatoms. The summed E-state index contributed by atoms with van der Waals surface area (Å²) < 4.78 is 5.68. The average Bonchev–Trinajstić information content (AvgIpc) is 2.76. The van der Waals surface area contributed by atoms with E-state index in [9.17, 15) is 4.79 Å². The normalized spacial score (nSPS) is 30.2. The molecule has 2 atom stereocenters. The van der Waals surface area contributed by atoms with Crippen LogP contribution in [0.3, 0.4) is 0 Å². The first kappa shape index (κ1) is 15.7. The third kappa shape index (κ3) is 3.71. The molecule has 5 nitrogen and oxygen atoms in total. The highest BCUT2D eigenvalue weighted by Crippen LogP contribution is 2.27. The molecule has 2 aliphatic rings. The Bertz CT molecular complexity index is 329. The monoisotopic (exact) mass is 283 g/mol. The van der Waals surface area contributed by atoms with E-state index < -0.39 is 5.60 Å². The molecule has 0 bridgehead atoms. The van der Waals surface area contributed by atoms with Gasteiger partial charge in [0.2, 0.25) is 0 Å². The van der Waals surface area contributed by atoms with Crippen molar-refractivity contribution in [2.45, 2.75) is 38.7 Å². The highest BCUT2D eigenvalue weighted by atomic mass is 16.5. The van der Waals surface area contributed by atoms with E-state index in [-0.39, 0.29) is 5.91 Å². The Morgan fingerprint density at radius 3 is 2.75 bits per heavy atom. The molecule has 2 saturated heterocycles. The first-order valence-electron chi connectivity index (χ1n) is 7.91. The molecule has 2 unspecified atom stereocenters. The van der Waals surface area contributed by atoms with Crippen LogP contribution in [0, 0.1) is 5.92 Å². The molecule has 20 heavy (non-hydrogen) atoms. The number of nitrogens with two attached hydrogens (primary N) is 1. The Labute approximate surface area is 122 Å². The van der Waals surface area contributed by atoms with E-state index >= 15 is 0 Å². The van der Waals surface area contributed by atoms with Gasteiger partial charge in [0, 0.05) is 32.8 Å². The third-order valence-corrected chi connectivity index (χ3v) is 4.52. The van der Waals surface area contributed by atoms with Crippen LogP contribution in [0.4, 0.5) is 0 Å². The van der Waals surface area contributed by atoms with Crippen molar-refractivity contribution >= 4 is 5.91 Å². The molecule has 0 aliphatic carbocycles. The maximum atomic E-state index is 12.6. The Balaban J connectivity index is 1.87. The van der Waals surface area contributed by atoms with Gasteiger partial charge in [0.05, 0.1) is 0 Å². The van der Waals surface area contributed by atoms with Gasteiger partial charge in [-0.25, -0.2) is 0 Å². The molecule has 0 saturated carbocycles. The third-order valence-electron chi connectivity index (χ3n) is 4.52. The van der Waals surface area contributed by atoms with Crippen LogP contribution >= 0.6 is 0 Å². The molecule has 1 amide bonds. The van der Waals surface area contributed by atoms with E-state index in [2.05, 4.69) is 11.8 Å². The van der Waals surface area contributed by atoms with Crippen molar-refractivity contribution in [1.29, 1.82) is 0 Å². The van der Waals surface area contributed by atoms with Crippen LogP contribution < -0.4 is 5.73 Å². The molecule has 2 fully saturated rings. The van der Waals surface area contributed by atoms with Gasteiger partial charge in [-0.2, -0.15) is 0 Å². The number of rotatable bonds is 4. The molecule has 2 heterocycles. The average molecular weight is 283 g/mol. The zero-order valence-electron chi connectivity index (χ0n) is 12.9. The predicted molar refractivity (Wildman–Crippen MR) is 79.4 cm³/mol. The minimum absolute atomic E-state index is 0.184. The van der Waals surface area contributed by atoms with E-state index in [0.29, 0.717) is 5.92 Å². The summed E-state index contributed by atoms with van der Waals surface area (Å²) in [6.45, 7) is 10.3. The van der Waals surface area contributed by atoms with Crippen molar-refractivity contribution in [2.24, 2.45) is 11.7 Å².